The van der Waals surface area contributed by atoms with Crippen LogP contribution in [0.4, 0.5) is 5.82 Å². The number of hydrogen-bond acceptors (Lipinski definition) is 7. The molecule has 0 aliphatic heterocycles. The van der Waals surface area contributed by atoms with Gasteiger partial charge in [0.05, 0.1) is 16.8 Å². The number of anilines is 1. The minimum absolute atomic E-state index is 0.00501. The summed E-state index contributed by atoms with van der Waals surface area (Å²) in [6, 6.07) is 5.00. The van der Waals surface area contributed by atoms with Gasteiger partial charge in [-0.2, -0.15) is 5.10 Å². The van der Waals surface area contributed by atoms with Crippen LogP contribution in [0.5, 0.6) is 0 Å². The summed E-state index contributed by atoms with van der Waals surface area (Å²) < 4.78 is 29.3. The van der Waals surface area contributed by atoms with Crippen molar-refractivity contribution in [1.29, 1.82) is 0 Å². The molecule has 0 bridgehead atoms. The second kappa shape index (κ2) is 7.05. The van der Waals surface area contributed by atoms with E-state index in [9.17, 15) is 13.5 Å². The number of aryl methyl sites for hydroxylation is 1. The smallest absolute Gasteiger partial charge is 0.242 e. The van der Waals surface area contributed by atoms with Crippen LogP contribution in [0, 0.1) is 12.3 Å². The molecule has 0 amide bonds. The number of fused-ring (bicyclic) bond motifs is 1. The van der Waals surface area contributed by atoms with E-state index in [1.807, 2.05) is 6.92 Å². The molecule has 0 spiro atoms. The summed E-state index contributed by atoms with van der Waals surface area (Å²) in [5, 5.41) is 13.9. The molecule has 1 saturated carbocycles. The second-order valence-electron chi connectivity index (χ2n) is 7.77. The van der Waals surface area contributed by atoms with Gasteiger partial charge in [-0.15, -0.1) is 0 Å². The van der Waals surface area contributed by atoms with E-state index in [0.717, 1.165) is 24.8 Å². The number of nitrogens with two attached hydrogens (primary N) is 1. The van der Waals surface area contributed by atoms with Crippen molar-refractivity contribution in [2.45, 2.75) is 31.1 Å². The summed E-state index contributed by atoms with van der Waals surface area (Å²) in [6.45, 7) is 2.19. The molecule has 3 N–H and O–H groups in total. The molecule has 1 fully saturated rings. The van der Waals surface area contributed by atoms with Crippen molar-refractivity contribution >= 4 is 21.5 Å². The number of imidazole rings is 1. The average molecular weight is 417 g/mol. The second-order valence-corrected chi connectivity index (χ2v) is 9.82. The van der Waals surface area contributed by atoms with Gasteiger partial charge in [0.25, 0.3) is 0 Å². The Balaban J connectivity index is 1.73. The first-order valence-corrected chi connectivity index (χ1v) is 10.8. The number of sulfonamides is 1. The molecule has 2 aromatic heterocycles. The van der Waals surface area contributed by atoms with Gasteiger partial charge < -0.3 is 10.8 Å². The zero-order valence-corrected chi connectivity index (χ0v) is 17.2. The van der Waals surface area contributed by atoms with Gasteiger partial charge in [0.1, 0.15) is 6.33 Å². The number of nitrogen functional groups attached to an aromatic ring is 1. The molecule has 1 aliphatic carbocycles. The van der Waals surface area contributed by atoms with Crippen LogP contribution in [0.15, 0.2) is 35.6 Å². The number of benzene rings is 1. The molecule has 0 saturated heterocycles. The summed E-state index contributed by atoms with van der Waals surface area (Å²) >= 11 is 0. The highest BCUT2D eigenvalue weighted by molar-refractivity contribution is 7.89. The molecule has 1 aromatic carbocycles. The topological polar surface area (TPSA) is 127 Å². The first-order chi connectivity index (χ1) is 13.8. The molecule has 4 rings (SSSR count). The van der Waals surface area contributed by atoms with Crippen LogP contribution < -0.4 is 5.73 Å². The first kappa shape index (κ1) is 19.7. The fraction of sp³-hybridized carbons (Fsp3) is 0.421. The van der Waals surface area contributed by atoms with Crippen molar-refractivity contribution in [3.63, 3.8) is 0 Å². The van der Waals surface area contributed by atoms with Crippen molar-refractivity contribution in [2.24, 2.45) is 5.41 Å². The minimum atomic E-state index is -3.72. The van der Waals surface area contributed by atoms with Crippen molar-refractivity contribution in [3.05, 3.63) is 36.3 Å². The monoisotopic (exact) mass is 416 g/mol. The Labute approximate surface area is 169 Å². The Kier molecular flexibility index (Phi) is 4.80. The zero-order chi connectivity index (χ0) is 20.8. The van der Waals surface area contributed by atoms with Crippen LogP contribution in [0.1, 0.15) is 24.8 Å². The molecular formula is C19H24N6O3S. The Hall–Kier alpha value is -2.56. The van der Waals surface area contributed by atoms with Gasteiger partial charge in [-0.3, -0.25) is 0 Å². The quantitative estimate of drug-likeness (QED) is 0.623. The molecule has 10 heteroatoms. The van der Waals surface area contributed by atoms with Crippen LogP contribution >= 0.6 is 0 Å². The Bertz CT molecular complexity index is 1160. The SMILES string of the molecule is Cc1ccc(S(=O)(=O)N(C)CC2(CO)CCC2)cc1-c1cnc2c(N)ncnn12. The van der Waals surface area contributed by atoms with Gasteiger partial charge in [-0.25, -0.2) is 27.2 Å². The lowest BCUT2D eigenvalue weighted by atomic mass is 9.69. The molecule has 2 heterocycles. The largest absolute Gasteiger partial charge is 0.396 e. The van der Waals surface area contributed by atoms with Gasteiger partial charge >= 0.3 is 0 Å². The van der Waals surface area contributed by atoms with Crippen molar-refractivity contribution in [2.75, 3.05) is 25.9 Å². The van der Waals surface area contributed by atoms with Crippen molar-refractivity contribution < 1.29 is 13.5 Å². The van der Waals surface area contributed by atoms with E-state index in [4.69, 9.17) is 5.73 Å². The summed E-state index contributed by atoms with van der Waals surface area (Å²) in [7, 11) is -2.15. The van der Waals surface area contributed by atoms with Crippen LogP contribution in [-0.2, 0) is 10.0 Å². The van der Waals surface area contributed by atoms with Crippen molar-refractivity contribution in [3.8, 4) is 11.3 Å². The lowest BCUT2D eigenvalue weighted by molar-refractivity contribution is 0.0311. The van der Waals surface area contributed by atoms with E-state index in [2.05, 4.69) is 15.1 Å². The summed E-state index contributed by atoms with van der Waals surface area (Å²) in [6.07, 6.45) is 5.64. The lowest BCUT2D eigenvalue weighted by Crippen LogP contribution is -2.45. The highest BCUT2D eigenvalue weighted by Crippen LogP contribution is 2.41. The van der Waals surface area contributed by atoms with Crippen LogP contribution in [0.2, 0.25) is 0 Å². The first-order valence-electron chi connectivity index (χ1n) is 9.40. The third-order valence-corrected chi connectivity index (χ3v) is 7.63. The van der Waals surface area contributed by atoms with Gasteiger partial charge in [-0.1, -0.05) is 12.5 Å². The molecule has 0 unspecified atom stereocenters. The molecule has 1 aliphatic rings. The van der Waals surface area contributed by atoms with Crippen LogP contribution in [-0.4, -0.2) is 57.6 Å². The molecule has 0 radical (unpaired) electrons. The zero-order valence-electron chi connectivity index (χ0n) is 16.4. The van der Waals surface area contributed by atoms with Gasteiger partial charge in [0, 0.05) is 31.2 Å². The molecule has 154 valence electrons. The standard InChI is InChI=1S/C19H24N6O3S/c1-13-4-5-14(29(27,28)24(2)10-19(11-26)6-3-7-19)8-15(13)16-9-21-18-17(20)22-12-23-25(16)18/h4-5,8-9,12,26H,3,6-7,10-11H2,1-2H3,(H2,20,22,23). The number of nitrogens with zero attached hydrogens (tertiary/aromatic N) is 5. The van der Waals surface area contributed by atoms with E-state index >= 15 is 0 Å². The van der Waals surface area contributed by atoms with E-state index in [0.29, 0.717) is 23.4 Å². The molecule has 0 atom stereocenters. The van der Waals surface area contributed by atoms with Crippen LogP contribution in [0.25, 0.3) is 16.9 Å². The summed E-state index contributed by atoms with van der Waals surface area (Å²) in [5.41, 5.74) is 8.17. The Morgan fingerprint density at radius 1 is 1.31 bits per heavy atom. The number of rotatable bonds is 6. The van der Waals surface area contributed by atoms with E-state index < -0.39 is 10.0 Å². The number of aliphatic hydroxyl groups is 1. The van der Waals surface area contributed by atoms with E-state index in [1.165, 1.54) is 10.6 Å². The third kappa shape index (κ3) is 3.26. The molecule has 9 nitrogen and oxygen atoms in total. The lowest BCUT2D eigenvalue weighted by Gasteiger charge is -2.42. The van der Waals surface area contributed by atoms with Gasteiger partial charge in [0.15, 0.2) is 11.5 Å². The van der Waals surface area contributed by atoms with Gasteiger partial charge in [-0.05, 0) is 37.5 Å². The molecule has 29 heavy (non-hydrogen) atoms. The fourth-order valence-corrected chi connectivity index (χ4v) is 5.15. The van der Waals surface area contributed by atoms with Gasteiger partial charge in [0.2, 0.25) is 10.0 Å². The molecule has 3 aromatic rings. The van der Waals surface area contributed by atoms with E-state index in [-0.39, 0.29) is 22.7 Å². The minimum Gasteiger partial charge on any atom is -0.396 e. The molecular weight excluding hydrogens is 392 g/mol. The van der Waals surface area contributed by atoms with E-state index in [1.54, 1.807) is 36.0 Å². The predicted octanol–water partition coefficient (Wildman–Crippen LogP) is 1.47. The fourth-order valence-electron chi connectivity index (χ4n) is 3.84. The average Bonchev–Trinajstić information content (AvgIpc) is 3.10. The highest BCUT2D eigenvalue weighted by atomic mass is 32.2. The number of hydrogen-bond donors (Lipinski definition) is 2. The maximum absolute atomic E-state index is 13.2. The summed E-state index contributed by atoms with van der Waals surface area (Å²) in [4.78, 5) is 8.38. The van der Waals surface area contributed by atoms with Crippen LogP contribution in [0.3, 0.4) is 0 Å². The predicted molar refractivity (Wildman–Crippen MR) is 109 cm³/mol. The number of aliphatic hydroxyl groups excluding tert-OH is 1. The third-order valence-electron chi connectivity index (χ3n) is 5.83. The highest BCUT2D eigenvalue weighted by Gasteiger charge is 2.39. The normalized spacial score (nSPS) is 16.3. The Morgan fingerprint density at radius 2 is 2.07 bits per heavy atom. The van der Waals surface area contributed by atoms with Crippen molar-refractivity contribution in [1.82, 2.24) is 23.9 Å². The maximum Gasteiger partial charge on any atom is 0.242 e. The maximum atomic E-state index is 13.2. The summed E-state index contributed by atoms with van der Waals surface area (Å²) in [5.74, 6) is 0.252. The number of aromatic nitrogens is 4. The Morgan fingerprint density at radius 3 is 2.72 bits per heavy atom.